The molecule has 0 bridgehead atoms. The average molecular weight is 372 g/mol. The molecule has 1 aromatic carbocycles. The first-order valence-electron chi connectivity index (χ1n) is 9.35. The van der Waals surface area contributed by atoms with Gasteiger partial charge in [-0.1, -0.05) is 36.7 Å². The van der Waals surface area contributed by atoms with Crippen LogP contribution in [-0.4, -0.2) is 35.4 Å². The maximum atomic E-state index is 12.9. The molecule has 1 saturated heterocycles. The summed E-state index contributed by atoms with van der Waals surface area (Å²) in [5.74, 6) is 0.208. The Morgan fingerprint density at radius 1 is 1.23 bits per heavy atom. The summed E-state index contributed by atoms with van der Waals surface area (Å²) in [5.41, 5.74) is 1.99. The van der Waals surface area contributed by atoms with Gasteiger partial charge in [-0.15, -0.1) is 0 Å². The predicted molar refractivity (Wildman–Crippen MR) is 105 cm³/mol. The highest BCUT2D eigenvalue weighted by Gasteiger charge is 2.27. The van der Waals surface area contributed by atoms with E-state index in [1.54, 1.807) is 6.20 Å². The van der Waals surface area contributed by atoms with E-state index in [9.17, 15) is 4.79 Å². The Hall–Kier alpha value is -1.91. The molecule has 2 aromatic rings. The number of carbonyl (C=O) groups excluding carboxylic acids is 1. The number of nitrogens with zero attached hydrogens (tertiary/aromatic N) is 2. The van der Waals surface area contributed by atoms with Crippen LogP contribution in [0.25, 0.3) is 0 Å². The lowest BCUT2D eigenvalue weighted by Gasteiger charge is -2.32. The second-order valence-corrected chi connectivity index (χ2v) is 7.33. The first-order chi connectivity index (χ1) is 12.7. The van der Waals surface area contributed by atoms with Crippen molar-refractivity contribution in [2.75, 3.05) is 19.6 Å². The van der Waals surface area contributed by atoms with E-state index in [2.05, 4.69) is 22.1 Å². The number of pyridine rings is 1. The zero-order valence-corrected chi connectivity index (χ0v) is 16.0. The van der Waals surface area contributed by atoms with Gasteiger partial charge in [0.1, 0.15) is 0 Å². The summed E-state index contributed by atoms with van der Waals surface area (Å²) in [5, 5.41) is 3.93. The zero-order valence-electron chi connectivity index (χ0n) is 15.2. The molecular formula is C21H26ClN3O. The Bertz CT molecular complexity index is 697. The molecule has 1 aliphatic heterocycles. The summed E-state index contributed by atoms with van der Waals surface area (Å²) in [6, 6.07) is 11.3. The Balaban J connectivity index is 1.72. The SMILES string of the molecule is CCCN1CCC(C(=O)NC(c2ccc(Cl)cc2)c2cccnc2)CC1. The number of rotatable bonds is 6. The molecule has 1 fully saturated rings. The lowest BCUT2D eigenvalue weighted by Crippen LogP contribution is -2.42. The lowest BCUT2D eigenvalue weighted by molar-refractivity contribution is -0.127. The van der Waals surface area contributed by atoms with Crippen LogP contribution in [0.5, 0.6) is 0 Å². The van der Waals surface area contributed by atoms with Crippen LogP contribution in [-0.2, 0) is 4.79 Å². The molecule has 1 N–H and O–H groups in total. The van der Waals surface area contributed by atoms with Crippen molar-refractivity contribution in [2.24, 2.45) is 5.92 Å². The van der Waals surface area contributed by atoms with Crippen molar-refractivity contribution in [1.82, 2.24) is 15.2 Å². The maximum Gasteiger partial charge on any atom is 0.223 e. The number of piperidine rings is 1. The minimum absolute atomic E-state index is 0.0783. The van der Waals surface area contributed by atoms with Gasteiger partial charge in [0, 0.05) is 23.3 Å². The van der Waals surface area contributed by atoms with Gasteiger partial charge in [-0.25, -0.2) is 0 Å². The van der Waals surface area contributed by atoms with Crippen molar-refractivity contribution in [2.45, 2.75) is 32.2 Å². The van der Waals surface area contributed by atoms with E-state index in [0.717, 1.165) is 50.0 Å². The number of nitrogens with one attached hydrogen (secondary N) is 1. The first kappa shape index (κ1) is 18.9. The fourth-order valence-electron chi connectivity index (χ4n) is 3.56. The second-order valence-electron chi connectivity index (χ2n) is 6.90. The molecule has 1 amide bonds. The standard InChI is InChI=1S/C21H26ClN3O/c1-2-12-25-13-9-17(10-14-25)21(26)24-20(18-4-3-11-23-15-18)16-5-7-19(22)8-6-16/h3-8,11,15,17,20H,2,9-10,12-14H2,1H3,(H,24,26). The van der Waals surface area contributed by atoms with Gasteiger partial charge in [0.25, 0.3) is 0 Å². The van der Waals surface area contributed by atoms with E-state index < -0.39 is 0 Å². The predicted octanol–water partition coefficient (Wildman–Crippen LogP) is 4.06. The highest BCUT2D eigenvalue weighted by molar-refractivity contribution is 6.30. The molecule has 4 nitrogen and oxygen atoms in total. The van der Waals surface area contributed by atoms with E-state index in [0.29, 0.717) is 5.02 Å². The van der Waals surface area contributed by atoms with E-state index in [1.165, 1.54) is 0 Å². The molecule has 26 heavy (non-hydrogen) atoms. The third-order valence-electron chi connectivity index (χ3n) is 5.01. The molecule has 3 rings (SSSR count). The minimum Gasteiger partial charge on any atom is -0.345 e. The van der Waals surface area contributed by atoms with Crippen LogP contribution < -0.4 is 5.32 Å². The Labute approximate surface area is 160 Å². The molecule has 0 spiro atoms. The second kappa shape index (κ2) is 9.15. The molecule has 2 heterocycles. The number of aromatic nitrogens is 1. The molecule has 1 unspecified atom stereocenters. The van der Waals surface area contributed by atoms with Crippen LogP contribution in [0.1, 0.15) is 43.4 Å². The van der Waals surface area contributed by atoms with Gasteiger partial charge in [-0.3, -0.25) is 9.78 Å². The highest BCUT2D eigenvalue weighted by Crippen LogP contribution is 2.25. The van der Waals surface area contributed by atoms with Crippen molar-refractivity contribution in [3.8, 4) is 0 Å². The van der Waals surface area contributed by atoms with Crippen molar-refractivity contribution in [3.63, 3.8) is 0 Å². The van der Waals surface area contributed by atoms with Crippen molar-refractivity contribution in [3.05, 3.63) is 64.9 Å². The molecule has 0 aliphatic carbocycles. The van der Waals surface area contributed by atoms with Gasteiger partial charge in [-0.05, 0) is 68.2 Å². The average Bonchev–Trinajstić information content (AvgIpc) is 2.68. The number of amides is 1. The summed E-state index contributed by atoms with van der Waals surface area (Å²) in [7, 11) is 0. The third kappa shape index (κ3) is 4.83. The van der Waals surface area contributed by atoms with Crippen LogP contribution >= 0.6 is 11.6 Å². The normalized spacial score (nSPS) is 17.0. The maximum absolute atomic E-state index is 12.9. The Morgan fingerprint density at radius 3 is 2.58 bits per heavy atom. The van der Waals surface area contributed by atoms with Crippen LogP contribution in [0.4, 0.5) is 0 Å². The van der Waals surface area contributed by atoms with E-state index in [4.69, 9.17) is 11.6 Å². The van der Waals surface area contributed by atoms with Crippen LogP contribution in [0.3, 0.4) is 0 Å². The molecule has 1 aromatic heterocycles. The summed E-state index contributed by atoms with van der Waals surface area (Å²) in [6.45, 7) is 5.33. The molecule has 1 aliphatic rings. The molecule has 5 heteroatoms. The van der Waals surface area contributed by atoms with Gasteiger partial charge in [-0.2, -0.15) is 0 Å². The molecule has 0 radical (unpaired) electrons. The lowest BCUT2D eigenvalue weighted by atomic mass is 9.93. The van der Waals surface area contributed by atoms with Gasteiger partial charge in [0.15, 0.2) is 0 Å². The third-order valence-corrected chi connectivity index (χ3v) is 5.26. The molecule has 138 valence electrons. The fraction of sp³-hybridized carbons (Fsp3) is 0.429. The van der Waals surface area contributed by atoms with Gasteiger partial charge in [0.2, 0.25) is 5.91 Å². The molecule has 0 saturated carbocycles. The fourth-order valence-corrected chi connectivity index (χ4v) is 3.68. The highest BCUT2D eigenvalue weighted by atomic mass is 35.5. The number of benzene rings is 1. The summed E-state index contributed by atoms with van der Waals surface area (Å²) in [4.78, 5) is 19.6. The quantitative estimate of drug-likeness (QED) is 0.832. The number of hydrogen-bond acceptors (Lipinski definition) is 3. The van der Waals surface area contributed by atoms with Crippen LogP contribution in [0.15, 0.2) is 48.8 Å². The first-order valence-corrected chi connectivity index (χ1v) is 9.73. The van der Waals surface area contributed by atoms with Crippen molar-refractivity contribution >= 4 is 17.5 Å². The van der Waals surface area contributed by atoms with E-state index in [-0.39, 0.29) is 17.9 Å². The largest absolute Gasteiger partial charge is 0.345 e. The number of likely N-dealkylation sites (tertiary alicyclic amines) is 1. The molecule has 1 atom stereocenters. The monoisotopic (exact) mass is 371 g/mol. The number of hydrogen-bond donors (Lipinski definition) is 1. The van der Waals surface area contributed by atoms with Crippen LogP contribution in [0, 0.1) is 5.92 Å². The topological polar surface area (TPSA) is 45.2 Å². The summed E-state index contributed by atoms with van der Waals surface area (Å²) < 4.78 is 0. The van der Waals surface area contributed by atoms with E-state index in [1.807, 2.05) is 42.6 Å². The van der Waals surface area contributed by atoms with Gasteiger partial charge in [0.05, 0.1) is 6.04 Å². The summed E-state index contributed by atoms with van der Waals surface area (Å²) >= 11 is 6.02. The Morgan fingerprint density at radius 2 is 1.96 bits per heavy atom. The number of halogens is 1. The van der Waals surface area contributed by atoms with Crippen molar-refractivity contribution < 1.29 is 4.79 Å². The summed E-state index contributed by atoms with van der Waals surface area (Å²) in [6.07, 6.45) is 6.56. The molecular weight excluding hydrogens is 346 g/mol. The van der Waals surface area contributed by atoms with Crippen LogP contribution in [0.2, 0.25) is 5.02 Å². The van der Waals surface area contributed by atoms with Gasteiger partial charge < -0.3 is 10.2 Å². The number of carbonyl (C=O) groups is 1. The zero-order chi connectivity index (χ0) is 18.4. The minimum atomic E-state index is -0.206. The van der Waals surface area contributed by atoms with Gasteiger partial charge >= 0.3 is 0 Å². The Kier molecular flexibility index (Phi) is 6.64. The smallest absolute Gasteiger partial charge is 0.223 e. The van der Waals surface area contributed by atoms with Crippen molar-refractivity contribution in [1.29, 1.82) is 0 Å². The van der Waals surface area contributed by atoms with E-state index >= 15 is 0 Å².